The molecule has 1 heterocycles. The van der Waals surface area contributed by atoms with Crippen LogP contribution >= 0.6 is 11.3 Å². The fourth-order valence-electron chi connectivity index (χ4n) is 12.2. The number of hydrogen-bond donors (Lipinski definition) is 0. The van der Waals surface area contributed by atoms with Crippen LogP contribution in [0.5, 0.6) is 0 Å². The molecule has 1 aromatic heterocycles. The van der Waals surface area contributed by atoms with Gasteiger partial charge in [0.1, 0.15) is 0 Å². The van der Waals surface area contributed by atoms with Crippen LogP contribution in [-0.4, -0.2) is 0 Å². The molecule has 0 N–H and O–H groups in total. The van der Waals surface area contributed by atoms with Crippen LogP contribution in [0.25, 0.3) is 96.6 Å². The van der Waals surface area contributed by atoms with E-state index in [9.17, 15) is 0 Å². The van der Waals surface area contributed by atoms with Crippen molar-refractivity contribution in [3.05, 3.63) is 259 Å². The third kappa shape index (κ3) is 5.08. The molecule has 1 nitrogen and oxygen atoms in total. The van der Waals surface area contributed by atoms with Crippen molar-refractivity contribution in [3.63, 3.8) is 0 Å². The summed E-state index contributed by atoms with van der Waals surface area (Å²) >= 11 is 1.88. The fourth-order valence-corrected chi connectivity index (χ4v) is 13.3. The topological polar surface area (TPSA) is 3.24 Å². The second-order valence-corrected chi connectivity index (χ2v) is 19.4. The summed E-state index contributed by atoms with van der Waals surface area (Å²) < 4.78 is 2.65. The van der Waals surface area contributed by atoms with Crippen LogP contribution in [-0.2, 0) is 5.41 Å². The summed E-state index contributed by atoms with van der Waals surface area (Å²) in [6, 6.07) is 88.9. The van der Waals surface area contributed by atoms with Crippen molar-refractivity contribution in [1.82, 2.24) is 0 Å². The second-order valence-electron chi connectivity index (χ2n) is 18.3. The Kier molecular flexibility index (Phi) is 7.65. The van der Waals surface area contributed by atoms with Gasteiger partial charge in [-0.2, -0.15) is 0 Å². The van der Waals surface area contributed by atoms with Crippen molar-refractivity contribution in [1.29, 1.82) is 0 Å². The van der Waals surface area contributed by atoms with Crippen LogP contribution in [0.3, 0.4) is 0 Å². The lowest BCUT2D eigenvalue weighted by Gasteiger charge is -2.32. The van der Waals surface area contributed by atoms with Gasteiger partial charge in [-0.25, -0.2) is 0 Å². The summed E-state index contributed by atoms with van der Waals surface area (Å²) in [7, 11) is 0. The van der Waals surface area contributed by atoms with E-state index >= 15 is 0 Å². The molecule has 1 spiro atoms. The number of benzene rings is 12. The van der Waals surface area contributed by atoms with E-state index in [0.717, 1.165) is 17.1 Å². The molecule has 2 heteroatoms. The summed E-state index contributed by atoms with van der Waals surface area (Å²) in [6.07, 6.45) is 0. The lowest BCUT2D eigenvalue weighted by atomic mass is 9.70. The monoisotopic (exact) mass is 865 g/mol. The van der Waals surface area contributed by atoms with E-state index in [2.05, 4.69) is 241 Å². The lowest BCUT2D eigenvalue weighted by Crippen LogP contribution is -2.26. The molecule has 0 bridgehead atoms. The standard InChI is InChI=1S/C65H39NS/c1-2-14-46-41(13-1)27-36-63-64(46)57-37-42(28-35-62(57)67-63)40-25-29-43(30-26-40)66(44-31-33-51-49-17-4-3-15-47(49)48-16-5-6-18-50(48)56(51)38-44)45-32-34-55-54-21-9-12-24-60(54)65(61(55)39-45)58-22-10-7-19-52(58)53-20-8-11-23-59(53)65/h1-39H. The van der Waals surface area contributed by atoms with E-state index in [1.165, 1.54) is 119 Å². The summed E-state index contributed by atoms with van der Waals surface area (Å²) in [6.45, 7) is 0. The smallest absolute Gasteiger partial charge is 0.0726 e. The lowest BCUT2D eigenvalue weighted by molar-refractivity contribution is 0.793. The van der Waals surface area contributed by atoms with Crippen LogP contribution in [0, 0.1) is 0 Å². The van der Waals surface area contributed by atoms with E-state index in [-0.39, 0.29) is 0 Å². The van der Waals surface area contributed by atoms with Gasteiger partial charge >= 0.3 is 0 Å². The molecule has 0 aliphatic heterocycles. The molecule has 310 valence electrons. The molecule has 0 amide bonds. The van der Waals surface area contributed by atoms with Gasteiger partial charge < -0.3 is 4.90 Å². The maximum absolute atomic E-state index is 2.50. The van der Waals surface area contributed by atoms with Gasteiger partial charge in [0.15, 0.2) is 0 Å². The van der Waals surface area contributed by atoms with Gasteiger partial charge in [0.2, 0.25) is 0 Å². The second kappa shape index (κ2) is 13.9. The van der Waals surface area contributed by atoms with Gasteiger partial charge in [-0.1, -0.05) is 182 Å². The molecular weight excluding hydrogens is 827 g/mol. The molecule has 0 saturated carbocycles. The minimum Gasteiger partial charge on any atom is -0.310 e. The molecule has 12 aromatic carbocycles. The van der Waals surface area contributed by atoms with E-state index in [4.69, 9.17) is 0 Å². The zero-order valence-corrected chi connectivity index (χ0v) is 37.2. The number of nitrogens with zero attached hydrogens (tertiary/aromatic N) is 1. The Hall–Kier alpha value is -8.30. The van der Waals surface area contributed by atoms with Crippen LogP contribution < -0.4 is 4.90 Å². The highest BCUT2D eigenvalue weighted by Gasteiger charge is 2.51. The van der Waals surface area contributed by atoms with Crippen molar-refractivity contribution < 1.29 is 0 Å². The molecule has 0 saturated heterocycles. The molecule has 2 aliphatic carbocycles. The zero-order chi connectivity index (χ0) is 43.8. The number of fused-ring (bicyclic) bond motifs is 21. The molecule has 0 fully saturated rings. The first kappa shape index (κ1) is 37.0. The van der Waals surface area contributed by atoms with Gasteiger partial charge in [-0.3, -0.25) is 0 Å². The molecule has 0 radical (unpaired) electrons. The Bertz CT molecular complexity index is 4130. The largest absolute Gasteiger partial charge is 0.310 e. The first-order valence-corrected chi connectivity index (χ1v) is 24.1. The predicted molar refractivity (Wildman–Crippen MR) is 286 cm³/mol. The Morgan fingerprint density at radius 1 is 0.284 bits per heavy atom. The predicted octanol–water partition coefficient (Wildman–Crippen LogP) is 18.1. The molecule has 13 aromatic rings. The Morgan fingerprint density at radius 2 is 0.761 bits per heavy atom. The molecular formula is C65H39NS. The van der Waals surface area contributed by atoms with Crippen molar-refractivity contribution in [2.75, 3.05) is 4.90 Å². The summed E-state index contributed by atoms with van der Waals surface area (Å²) in [4.78, 5) is 2.48. The fraction of sp³-hybridized carbons (Fsp3) is 0.0154. The average Bonchev–Trinajstić information content (AvgIpc) is 4.03. The average molecular weight is 866 g/mol. The van der Waals surface area contributed by atoms with E-state index in [0.29, 0.717) is 0 Å². The Morgan fingerprint density at radius 3 is 1.42 bits per heavy atom. The normalized spacial score (nSPS) is 13.2. The SMILES string of the molecule is c1ccc2c(c1)-c1ccccc1C21c2ccccc2-c2ccc(N(c3ccc(-c4ccc5sc6ccc7ccccc7c6c5c4)cc3)c3ccc4c5ccccc5c5ccccc5c4c3)cc21. The molecule has 15 rings (SSSR count). The number of anilines is 3. The third-order valence-electron chi connectivity index (χ3n) is 15.0. The minimum atomic E-state index is -0.445. The highest BCUT2D eigenvalue weighted by atomic mass is 32.1. The highest BCUT2D eigenvalue weighted by molar-refractivity contribution is 7.26. The maximum atomic E-state index is 2.50. The number of thiophene rings is 1. The number of rotatable bonds is 4. The quantitative estimate of drug-likeness (QED) is 0.159. The summed E-state index contributed by atoms with van der Waals surface area (Å²) in [5.74, 6) is 0. The highest BCUT2D eigenvalue weighted by Crippen LogP contribution is 2.63. The van der Waals surface area contributed by atoms with Crippen molar-refractivity contribution in [2.24, 2.45) is 0 Å². The van der Waals surface area contributed by atoms with Gasteiger partial charge in [0.25, 0.3) is 0 Å². The minimum absolute atomic E-state index is 0.445. The molecule has 67 heavy (non-hydrogen) atoms. The van der Waals surface area contributed by atoms with Crippen LogP contribution in [0.15, 0.2) is 237 Å². The first-order valence-electron chi connectivity index (χ1n) is 23.2. The van der Waals surface area contributed by atoms with Gasteiger partial charge in [0, 0.05) is 37.2 Å². The van der Waals surface area contributed by atoms with Crippen LogP contribution in [0.4, 0.5) is 17.1 Å². The van der Waals surface area contributed by atoms with Crippen molar-refractivity contribution in [3.8, 4) is 33.4 Å². The van der Waals surface area contributed by atoms with Gasteiger partial charge in [-0.15, -0.1) is 11.3 Å². The third-order valence-corrected chi connectivity index (χ3v) is 16.2. The van der Waals surface area contributed by atoms with E-state index < -0.39 is 5.41 Å². The molecule has 0 atom stereocenters. The van der Waals surface area contributed by atoms with E-state index in [1.54, 1.807) is 0 Å². The Balaban J connectivity index is 0.952. The van der Waals surface area contributed by atoms with Gasteiger partial charge in [-0.05, 0) is 153 Å². The zero-order valence-electron chi connectivity index (χ0n) is 36.4. The summed E-state index contributed by atoms with van der Waals surface area (Å²) in [5.41, 5.74) is 15.9. The number of hydrogen-bond acceptors (Lipinski definition) is 2. The molecule has 0 unspecified atom stereocenters. The molecule has 2 aliphatic rings. The van der Waals surface area contributed by atoms with Crippen LogP contribution in [0.2, 0.25) is 0 Å². The maximum Gasteiger partial charge on any atom is 0.0726 e. The summed E-state index contributed by atoms with van der Waals surface area (Å²) in [5, 5.41) is 12.9. The Labute approximate surface area is 392 Å². The van der Waals surface area contributed by atoms with E-state index in [1.807, 2.05) is 11.3 Å². The van der Waals surface area contributed by atoms with Crippen LogP contribution in [0.1, 0.15) is 22.3 Å². The van der Waals surface area contributed by atoms with Crippen molar-refractivity contribution in [2.45, 2.75) is 5.41 Å². The van der Waals surface area contributed by atoms with Gasteiger partial charge in [0.05, 0.1) is 5.41 Å². The van der Waals surface area contributed by atoms with Crippen molar-refractivity contribution >= 4 is 91.7 Å². The first-order chi connectivity index (χ1) is 33.2.